The van der Waals surface area contributed by atoms with Gasteiger partial charge in [-0.25, -0.2) is 9.97 Å². The smallest absolute Gasteiger partial charge is 0.274 e. The van der Waals surface area contributed by atoms with Gasteiger partial charge in [-0.05, 0) is 49.8 Å². The van der Waals surface area contributed by atoms with Crippen molar-refractivity contribution >= 4 is 17.4 Å². The van der Waals surface area contributed by atoms with Crippen LogP contribution in [0.15, 0.2) is 30.6 Å². The van der Waals surface area contributed by atoms with Crippen LogP contribution < -0.4 is 10.2 Å². The SMILES string of the molecule is Cc1ccc(C)c(NC(=O)c2cc(N3CCC(C)CC3)ncn2)c1. The van der Waals surface area contributed by atoms with E-state index >= 15 is 0 Å². The Morgan fingerprint density at radius 3 is 2.67 bits per heavy atom. The molecular weight excluding hydrogens is 300 g/mol. The van der Waals surface area contributed by atoms with E-state index in [1.165, 1.54) is 6.33 Å². The fourth-order valence-electron chi connectivity index (χ4n) is 2.94. The van der Waals surface area contributed by atoms with Crippen LogP contribution >= 0.6 is 0 Å². The second-order valence-electron chi connectivity index (χ2n) is 6.70. The van der Waals surface area contributed by atoms with Crippen LogP contribution in [0.4, 0.5) is 11.5 Å². The second-order valence-corrected chi connectivity index (χ2v) is 6.70. The molecule has 24 heavy (non-hydrogen) atoms. The number of benzene rings is 1. The first kappa shape index (κ1) is 16.4. The van der Waals surface area contributed by atoms with Crippen molar-refractivity contribution in [3.63, 3.8) is 0 Å². The zero-order valence-corrected chi connectivity index (χ0v) is 14.5. The molecule has 1 aromatic carbocycles. The van der Waals surface area contributed by atoms with E-state index in [4.69, 9.17) is 0 Å². The Bertz CT molecular complexity index is 736. The summed E-state index contributed by atoms with van der Waals surface area (Å²) in [6.45, 7) is 8.23. The van der Waals surface area contributed by atoms with Crippen molar-refractivity contribution in [2.75, 3.05) is 23.3 Å². The van der Waals surface area contributed by atoms with Gasteiger partial charge in [0.25, 0.3) is 5.91 Å². The summed E-state index contributed by atoms with van der Waals surface area (Å²) in [5, 5.41) is 2.96. The minimum Gasteiger partial charge on any atom is -0.356 e. The molecule has 1 fully saturated rings. The number of hydrogen-bond donors (Lipinski definition) is 1. The summed E-state index contributed by atoms with van der Waals surface area (Å²) in [6.07, 6.45) is 3.80. The average molecular weight is 324 g/mol. The van der Waals surface area contributed by atoms with E-state index in [0.29, 0.717) is 5.69 Å². The molecule has 0 unspecified atom stereocenters. The van der Waals surface area contributed by atoms with Crippen LogP contribution in [0.3, 0.4) is 0 Å². The van der Waals surface area contributed by atoms with E-state index in [0.717, 1.165) is 54.5 Å². The van der Waals surface area contributed by atoms with Crippen molar-refractivity contribution in [1.82, 2.24) is 9.97 Å². The topological polar surface area (TPSA) is 58.1 Å². The van der Waals surface area contributed by atoms with E-state index in [-0.39, 0.29) is 5.91 Å². The lowest BCUT2D eigenvalue weighted by Crippen LogP contribution is -2.33. The standard InChI is InChI=1S/C19H24N4O/c1-13-6-8-23(9-7-13)18-11-17(20-12-21-18)19(24)22-16-10-14(2)4-5-15(16)3/h4-5,10-13H,6-9H2,1-3H3,(H,22,24). The molecule has 1 amide bonds. The Hall–Kier alpha value is -2.43. The highest BCUT2D eigenvalue weighted by Gasteiger charge is 2.18. The lowest BCUT2D eigenvalue weighted by Gasteiger charge is -2.31. The van der Waals surface area contributed by atoms with Crippen molar-refractivity contribution in [3.05, 3.63) is 47.4 Å². The highest BCUT2D eigenvalue weighted by molar-refractivity contribution is 6.03. The molecule has 0 bridgehead atoms. The molecule has 0 saturated carbocycles. The third-order valence-corrected chi connectivity index (χ3v) is 4.63. The minimum atomic E-state index is -0.197. The number of aromatic nitrogens is 2. The zero-order chi connectivity index (χ0) is 17.1. The van der Waals surface area contributed by atoms with Crippen molar-refractivity contribution in [3.8, 4) is 0 Å². The molecule has 1 aliphatic heterocycles. The number of aryl methyl sites for hydroxylation is 2. The van der Waals surface area contributed by atoms with Gasteiger partial charge >= 0.3 is 0 Å². The van der Waals surface area contributed by atoms with E-state index in [2.05, 4.69) is 27.1 Å². The van der Waals surface area contributed by atoms with E-state index in [1.807, 2.05) is 32.0 Å². The molecule has 0 radical (unpaired) electrons. The molecule has 1 aliphatic rings. The van der Waals surface area contributed by atoms with Gasteiger partial charge in [0.05, 0.1) is 0 Å². The quantitative estimate of drug-likeness (QED) is 0.937. The number of rotatable bonds is 3. The third kappa shape index (κ3) is 3.72. The molecule has 0 spiro atoms. The molecule has 5 heteroatoms. The van der Waals surface area contributed by atoms with Gasteiger partial charge in [-0.3, -0.25) is 4.79 Å². The number of amides is 1. The average Bonchev–Trinajstić information content (AvgIpc) is 2.59. The lowest BCUT2D eigenvalue weighted by atomic mass is 9.99. The van der Waals surface area contributed by atoms with Gasteiger partial charge in [-0.1, -0.05) is 19.1 Å². The van der Waals surface area contributed by atoms with Crippen molar-refractivity contribution in [1.29, 1.82) is 0 Å². The van der Waals surface area contributed by atoms with E-state index in [1.54, 1.807) is 6.07 Å². The van der Waals surface area contributed by atoms with Crippen molar-refractivity contribution in [2.45, 2.75) is 33.6 Å². The normalized spacial score (nSPS) is 15.4. The monoisotopic (exact) mass is 324 g/mol. The summed E-state index contributed by atoms with van der Waals surface area (Å²) in [4.78, 5) is 23.3. The van der Waals surface area contributed by atoms with Crippen molar-refractivity contribution < 1.29 is 4.79 Å². The molecule has 3 rings (SSSR count). The van der Waals surface area contributed by atoms with Gasteiger partial charge in [-0.15, -0.1) is 0 Å². The van der Waals surface area contributed by atoms with Gasteiger partial charge < -0.3 is 10.2 Å². The minimum absolute atomic E-state index is 0.197. The highest BCUT2D eigenvalue weighted by atomic mass is 16.1. The van der Waals surface area contributed by atoms with Crippen LogP contribution in [0.2, 0.25) is 0 Å². The maximum absolute atomic E-state index is 12.5. The molecule has 5 nitrogen and oxygen atoms in total. The summed E-state index contributed by atoms with van der Waals surface area (Å²) in [6, 6.07) is 7.80. The van der Waals surface area contributed by atoms with Gasteiger partial charge in [0.2, 0.25) is 0 Å². The maximum atomic E-state index is 12.5. The van der Waals surface area contributed by atoms with E-state index < -0.39 is 0 Å². The number of nitrogens with zero attached hydrogens (tertiary/aromatic N) is 3. The number of hydrogen-bond acceptors (Lipinski definition) is 4. The van der Waals surface area contributed by atoms with Crippen LogP contribution in [-0.2, 0) is 0 Å². The van der Waals surface area contributed by atoms with Crippen LogP contribution in [0, 0.1) is 19.8 Å². The second kappa shape index (κ2) is 6.99. The molecule has 1 aromatic heterocycles. The number of nitrogens with one attached hydrogen (secondary N) is 1. The van der Waals surface area contributed by atoms with Gasteiger partial charge in [0.15, 0.2) is 0 Å². The van der Waals surface area contributed by atoms with Gasteiger partial charge in [-0.2, -0.15) is 0 Å². The number of piperidine rings is 1. The fraction of sp³-hybridized carbons (Fsp3) is 0.421. The van der Waals surface area contributed by atoms with Crippen LogP contribution in [-0.4, -0.2) is 29.0 Å². The van der Waals surface area contributed by atoms with Crippen LogP contribution in [0.5, 0.6) is 0 Å². The highest BCUT2D eigenvalue weighted by Crippen LogP contribution is 2.22. The van der Waals surface area contributed by atoms with Crippen molar-refractivity contribution in [2.24, 2.45) is 5.92 Å². The Morgan fingerprint density at radius 1 is 1.17 bits per heavy atom. The van der Waals surface area contributed by atoms with Gasteiger partial charge in [0, 0.05) is 24.8 Å². The Balaban J connectivity index is 1.76. The van der Waals surface area contributed by atoms with E-state index in [9.17, 15) is 4.79 Å². The first-order chi connectivity index (χ1) is 11.5. The predicted molar refractivity (Wildman–Crippen MR) is 96.5 cm³/mol. The third-order valence-electron chi connectivity index (χ3n) is 4.63. The fourth-order valence-corrected chi connectivity index (χ4v) is 2.94. The summed E-state index contributed by atoms with van der Waals surface area (Å²) in [5.74, 6) is 1.40. The van der Waals surface area contributed by atoms with Crippen LogP contribution in [0.25, 0.3) is 0 Å². The molecule has 0 atom stereocenters. The maximum Gasteiger partial charge on any atom is 0.274 e. The molecule has 1 saturated heterocycles. The first-order valence-corrected chi connectivity index (χ1v) is 8.48. The molecule has 126 valence electrons. The number of carbonyl (C=O) groups excluding carboxylic acids is 1. The van der Waals surface area contributed by atoms with Gasteiger partial charge in [0.1, 0.15) is 17.8 Å². The Kier molecular flexibility index (Phi) is 4.79. The van der Waals surface area contributed by atoms with Crippen LogP contribution in [0.1, 0.15) is 41.4 Å². The lowest BCUT2D eigenvalue weighted by molar-refractivity contribution is 0.102. The Morgan fingerprint density at radius 2 is 1.92 bits per heavy atom. The molecule has 1 N–H and O–H groups in total. The first-order valence-electron chi connectivity index (χ1n) is 8.48. The summed E-state index contributed by atoms with van der Waals surface area (Å²) in [7, 11) is 0. The zero-order valence-electron chi connectivity index (χ0n) is 14.5. The summed E-state index contributed by atoms with van der Waals surface area (Å²) < 4.78 is 0. The summed E-state index contributed by atoms with van der Waals surface area (Å²) in [5.41, 5.74) is 3.38. The molecule has 0 aliphatic carbocycles. The Labute approximate surface area is 143 Å². The molecule has 2 heterocycles. The number of carbonyl (C=O) groups is 1. The molecular formula is C19H24N4O. The largest absolute Gasteiger partial charge is 0.356 e. The predicted octanol–water partition coefficient (Wildman–Crippen LogP) is 3.58. The summed E-state index contributed by atoms with van der Waals surface area (Å²) >= 11 is 0. The number of anilines is 2. The molecule has 2 aromatic rings.